The van der Waals surface area contributed by atoms with Gasteiger partial charge in [-0.1, -0.05) is 78.9 Å². The highest BCUT2D eigenvalue weighted by atomic mass is 19.4. The van der Waals surface area contributed by atoms with Crippen molar-refractivity contribution in [1.29, 1.82) is 0 Å². The maximum Gasteiger partial charge on any atom is 0.416 e. The van der Waals surface area contributed by atoms with Gasteiger partial charge in [0.05, 0.1) is 5.57 Å². The molecule has 0 N–H and O–H groups in total. The Labute approximate surface area is 128 Å². The van der Waals surface area contributed by atoms with Gasteiger partial charge in [0.1, 0.15) is 0 Å². The zero-order valence-corrected chi connectivity index (χ0v) is 11.8. The average molecular weight is 300 g/mol. The van der Waals surface area contributed by atoms with Crippen LogP contribution in [0.5, 0.6) is 0 Å². The molecule has 0 bridgehead atoms. The zero-order valence-electron chi connectivity index (χ0n) is 11.8. The van der Waals surface area contributed by atoms with E-state index in [4.69, 9.17) is 0 Å². The van der Waals surface area contributed by atoms with Crippen LogP contribution in [0.1, 0.15) is 5.56 Å². The van der Waals surface area contributed by atoms with Crippen molar-refractivity contribution in [3.63, 3.8) is 0 Å². The van der Waals surface area contributed by atoms with Gasteiger partial charge in [0.2, 0.25) is 0 Å². The van der Waals surface area contributed by atoms with Gasteiger partial charge in [-0.2, -0.15) is 13.2 Å². The van der Waals surface area contributed by atoms with Crippen molar-refractivity contribution in [1.82, 2.24) is 0 Å². The SMILES string of the molecule is FC(F)(F)C1=C\C(c2ccccc2)=C/C=C\C=C/C=C/C=C1. The summed E-state index contributed by atoms with van der Waals surface area (Å²) >= 11 is 0. The maximum absolute atomic E-state index is 13.2. The van der Waals surface area contributed by atoms with Crippen molar-refractivity contribution in [2.75, 3.05) is 0 Å². The lowest BCUT2D eigenvalue weighted by Gasteiger charge is -2.10. The van der Waals surface area contributed by atoms with E-state index in [1.807, 2.05) is 12.1 Å². The number of allylic oxidation sites excluding steroid dienone is 12. The fourth-order valence-corrected chi connectivity index (χ4v) is 1.89. The molecule has 112 valence electrons. The Kier molecular flexibility index (Phi) is 5.37. The third kappa shape index (κ3) is 4.77. The van der Waals surface area contributed by atoms with Gasteiger partial charge in [-0.15, -0.1) is 0 Å². The first kappa shape index (κ1) is 15.8. The Hall–Kier alpha value is -2.55. The van der Waals surface area contributed by atoms with Gasteiger partial charge in [-0.05, 0) is 23.3 Å². The Balaban J connectivity index is 2.53. The molecule has 22 heavy (non-hydrogen) atoms. The highest BCUT2D eigenvalue weighted by Crippen LogP contribution is 2.30. The molecule has 0 atom stereocenters. The van der Waals surface area contributed by atoms with Gasteiger partial charge < -0.3 is 0 Å². The summed E-state index contributed by atoms with van der Waals surface area (Å²) in [5.41, 5.74) is 0.552. The summed E-state index contributed by atoms with van der Waals surface area (Å²) in [6, 6.07) is 9.01. The van der Waals surface area contributed by atoms with Crippen LogP contribution in [-0.4, -0.2) is 6.18 Å². The fourth-order valence-electron chi connectivity index (χ4n) is 1.89. The van der Waals surface area contributed by atoms with Crippen LogP contribution in [0.2, 0.25) is 0 Å². The molecule has 2 rings (SSSR count). The predicted octanol–water partition coefficient (Wildman–Crippen LogP) is 5.80. The van der Waals surface area contributed by atoms with E-state index < -0.39 is 11.7 Å². The summed E-state index contributed by atoms with van der Waals surface area (Å²) in [4.78, 5) is 0. The summed E-state index contributed by atoms with van der Waals surface area (Å²) < 4.78 is 39.5. The molecular formula is C19H15F3. The smallest absolute Gasteiger partial charge is 0.166 e. The molecule has 0 spiro atoms. The molecule has 1 aliphatic rings. The molecule has 1 aliphatic carbocycles. The second-order valence-corrected chi connectivity index (χ2v) is 4.60. The van der Waals surface area contributed by atoms with E-state index in [9.17, 15) is 13.2 Å². The van der Waals surface area contributed by atoms with E-state index in [1.165, 1.54) is 6.08 Å². The van der Waals surface area contributed by atoms with Crippen LogP contribution in [-0.2, 0) is 0 Å². The third-order valence-corrected chi connectivity index (χ3v) is 2.96. The fraction of sp³-hybridized carbons (Fsp3) is 0.0526. The number of benzene rings is 1. The minimum atomic E-state index is -4.40. The molecule has 0 heterocycles. The van der Waals surface area contributed by atoms with Gasteiger partial charge in [-0.3, -0.25) is 0 Å². The molecule has 0 aromatic heterocycles. The van der Waals surface area contributed by atoms with Crippen molar-refractivity contribution in [2.45, 2.75) is 6.18 Å². The lowest BCUT2D eigenvalue weighted by atomic mass is 10.0. The van der Waals surface area contributed by atoms with Gasteiger partial charge in [0, 0.05) is 0 Å². The number of alkyl halides is 3. The molecule has 0 nitrogen and oxygen atoms in total. The maximum atomic E-state index is 13.2. The molecule has 0 saturated heterocycles. The van der Waals surface area contributed by atoms with Gasteiger partial charge >= 0.3 is 6.18 Å². The van der Waals surface area contributed by atoms with E-state index in [1.54, 1.807) is 60.7 Å². The lowest BCUT2D eigenvalue weighted by Crippen LogP contribution is -2.10. The first-order valence-electron chi connectivity index (χ1n) is 6.80. The third-order valence-electron chi connectivity index (χ3n) is 2.96. The Morgan fingerprint density at radius 1 is 0.682 bits per heavy atom. The molecule has 3 heteroatoms. The summed E-state index contributed by atoms with van der Waals surface area (Å²) in [6.07, 6.45) is 11.2. The number of rotatable bonds is 1. The molecule has 1 aromatic rings. The molecule has 0 saturated carbocycles. The van der Waals surface area contributed by atoms with Gasteiger partial charge in [0.25, 0.3) is 0 Å². The molecule has 0 fully saturated rings. The minimum Gasteiger partial charge on any atom is -0.166 e. The number of hydrogen-bond acceptors (Lipinski definition) is 0. The zero-order chi connectivity index (χ0) is 15.8. The van der Waals surface area contributed by atoms with Crippen LogP contribution in [0, 0.1) is 0 Å². The van der Waals surface area contributed by atoms with Crippen LogP contribution in [0.25, 0.3) is 5.57 Å². The molecule has 0 aliphatic heterocycles. The van der Waals surface area contributed by atoms with E-state index in [0.29, 0.717) is 5.57 Å². The quantitative estimate of drug-likeness (QED) is 0.615. The monoisotopic (exact) mass is 300 g/mol. The molecule has 0 radical (unpaired) electrons. The first-order chi connectivity index (χ1) is 10.6. The van der Waals surface area contributed by atoms with Gasteiger partial charge in [-0.25, -0.2) is 0 Å². The Bertz CT molecular complexity index is 666. The normalized spacial score (nSPS) is 22.5. The molecular weight excluding hydrogens is 285 g/mol. The van der Waals surface area contributed by atoms with Crippen molar-refractivity contribution in [3.05, 3.63) is 102 Å². The Morgan fingerprint density at radius 3 is 1.91 bits per heavy atom. The van der Waals surface area contributed by atoms with Gasteiger partial charge in [0.15, 0.2) is 0 Å². The largest absolute Gasteiger partial charge is 0.416 e. The van der Waals surface area contributed by atoms with Crippen LogP contribution >= 0.6 is 0 Å². The highest BCUT2D eigenvalue weighted by Gasteiger charge is 2.31. The summed E-state index contributed by atoms with van der Waals surface area (Å²) in [5.74, 6) is 0. The average Bonchev–Trinajstić information content (AvgIpc) is 2.47. The summed E-state index contributed by atoms with van der Waals surface area (Å²) in [5, 5.41) is 0. The van der Waals surface area contributed by atoms with E-state index in [-0.39, 0.29) is 0 Å². The second kappa shape index (κ2) is 7.46. The first-order valence-corrected chi connectivity index (χ1v) is 6.80. The molecule has 0 amide bonds. The van der Waals surface area contributed by atoms with Crippen LogP contribution in [0.4, 0.5) is 13.2 Å². The molecule has 0 unspecified atom stereocenters. The molecule has 1 aromatic carbocycles. The topological polar surface area (TPSA) is 0 Å². The minimum absolute atomic E-state index is 0.506. The summed E-state index contributed by atoms with van der Waals surface area (Å²) in [6.45, 7) is 0. The van der Waals surface area contributed by atoms with Crippen molar-refractivity contribution in [2.24, 2.45) is 0 Å². The second-order valence-electron chi connectivity index (χ2n) is 4.60. The van der Waals surface area contributed by atoms with Crippen LogP contribution < -0.4 is 0 Å². The Morgan fingerprint density at radius 2 is 1.27 bits per heavy atom. The van der Waals surface area contributed by atoms with Crippen molar-refractivity contribution >= 4 is 5.57 Å². The predicted molar refractivity (Wildman–Crippen MR) is 85.1 cm³/mol. The van der Waals surface area contributed by atoms with Crippen LogP contribution in [0.15, 0.2) is 96.7 Å². The van der Waals surface area contributed by atoms with Crippen molar-refractivity contribution in [3.8, 4) is 0 Å². The lowest BCUT2D eigenvalue weighted by molar-refractivity contribution is -0.0881. The number of halogens is 3. The standard InChI is InChI=1S/C19H15F3/c20-19(21,22)18-14-10-5-3-1-2-4-7-13-17(15-18)16-11-8-6-9-12-16/h1-15H/b2-1-,3-1?,4-2?,5-3+,7-4-,10-5?,13-7?,14-10?,17-13+,17-15?,18-14?,18-15?. The van der Waals surface area contributed by atoms with E-state index in [2.05, 4.69) is 0 Å². The summed E-state index contributed by atoms with van der Waals surface area (Å²) in [7, 11) is 0. The van der Waals surface area contributed by atoms with E-state index >= 15 is 0 Å². The highest BCUT2D eigenvalue weighted by molar-refractivity contribution is 5.76. The number of hydrogen-bond donors (Lipinski definition) is 0. The van der Waals surface area contributed by atoms with E-state index in [0.717, 1.165) is 17.7 Å². The van der Waals surface area contributed by atoms with Crippen molar-refractivity contribution < 1.29 is 13.2 Å². The van der Waals surface area contributed by atoms with Crippen LogP contribution in [0.3, 0.4) is 0 Å².